The fraction of sp³-hybridized carbons (Fsp3) is 0.615. The molecule has 0 unspecified atom stereocenters. The molecule has 0 saturated heterocycles. The Bertz CT molecular complexity index is 563. The minimum absolute atomic E-state index is 0.216. The van der Waals surface area contributed by atoms with Crippen molar-refractivity contribution in [1.29, 1.82) is 0 Å². The second kappa shape index (κ2) is 5.13. The van der Waals surface area contributed by atoms with Crippen LogP contribution in [0.15, 0.2) is 12.4 Å². The van der Waals surface area contributed by atoms with E-state index in [1.807, 2.05) is 6.92 Å². The molecule has 3 rings (SSSR count). The van der Waals surface area contributed by atoms with E-state index in [1.54, 1.807) is 4.52 Å². The van der Waals surface area contributed by atoms with Crippen molar-refractivity contribution in [3.63, 3.8) is 0 Å². The van der Waals surface area contributed by atoms with Crippen LogP contribution in [0.3, 0.4) is 0 Å². The Morgan fingerprint density at radius 3 is 3.00 bits per heavy atom. The Morgan fingerprint density at radius 2 is 2.32 bits per heavy atom. The van der Waals surface area contributed by atoms with E-state index < -0.39 is 0 Å². The number of nitrogens with zero attached hydrogens (tertiary/aromatic N) is 5. The lowest BCUT2D eigenvalue weighted by molar-refractivity contribution is 0.282. The molecule has 0 aliphatic heterocycles. The van der Waals surface area contributed by atoms with Crippen LogP contribution < -0.4 is 4.90 Å². The third-order valence-corrected chi connectivity index (χ3v) is 3.73. The molecule has 0 bridgehead atoms. The van der Waals surface area contributed by atoms with Gasteiger partial charge in [0, 0.05) is 31.0 Å². The van der Waals surface area contributed by atoms with Gasteiger partial charge in [-0.15, -0.1) is 0 Å². The number of fused-ring (bicyclic) bond motifs is 1. The summed E-state index contributed by atoms with van der Waals surface area (Å²) in [6, 6.07) is 2.61. The molecule has 1 fully saturated rings. The van der Waals surface area contributed by atoms with E-state index in [9.17, 15) is 0 Å². The number of hydrogen-bond acceptors (Lipinski definition) is 5. The summed E-state index contributed by atoms with van der Waals surface area (Å²) in [5, 5.41) is 13.4. The van der Waals surface area contributed by atoms with Gasteiger partial charge in [0.05, 0.1) is 0 Å². The molecular formula is C13H19N5O. The predicted molar refractivity (Wildman–Crippen MR) is 72.2 cm³/mol. The van der Waals surface area contributed by atoms with Gasteiger partial charge in [0.25, 0.3) is 5.78 Å². The maximum Gasteiger partial charge on any atom is 0.254 e. The van der Waals surface area contributed by atoms with Crippen LogP contribution in [-0.2, 0) is 0 Å². The van der Waals surface area contributed by atoms with Gasteiger partial charge < -0.3 is 10.0 Å². The summed E-state index contributed by atoms with van der Waals surface area (Å²) < 4.78 is 1.79. The van der Waals surface area contributed by atoms with Crippen LogP contribution in [0.2, 0.25) is 0 Å². The van der Waals surface area contributed by atoms with Gasteiger partial charge >= 0.3 is 0 Å². The van der Waals surface area contributed by atoms with E-state index in [0.717, 1.165) is 24.5 Å². The average molecular weight is 261 g/mol. The fourth-order valence-corrected chi connectivity index (χ4v) is 2.54. The minimum Gasteiger partial charge on any atom is -0.396 e. The van der Waals surface area contributed by atoms with Crippen molar-refractivity contribution in [2.45, 2.75) is 38.6 Å². The van der Waals surface area contributed by atoms with Crippen LogP contribution in [0.25, 0.3) is 5.78 Å². The zero-order valence-electron chi connectivity index (χ0n) is 11.2. The molecule has 2 heterocycles. The second-order valence-corrected chi connectivity index (χ2v) is 5.08. The van der Waals surface area contributed by atoms with Gasteiger partial charge in [-0.25, -0.2) is 4.98 Å². The maximum atomic E-state index is 9.09. The molecular weight excluding hydrogens is 242 g/mol. The molecule has 6 nitrogen and oxygen atoms in total. The highest BCUT2D eigenvalue weighted by Gasteiger charge is 2.27. The first-order valence-electron chi connectivity index (χ1n) is 6.84. The number of rotatable bonds is 5. The van der Waals surface area contributed by atoms with Gasteiger partial charge in [0.2, 0.25) is 0 Å². The number of anilines is 1. The van der Waals surface area contributed by atoms with Crippen molar-refractivity contribution in [3.8, 4) is 0 Å². The van der Waals surface area contributed by atoms with Crippen molar-refractivity contribution in [2.24, 2.45) is 0 Å². The zero-order chi connectivity index (χ0) is 13.2. The van der Waals surface area contributed by atoms with Crippen LogP contribution in [0.5, 0.6) is 0 Å². The largest absolute Gasteiger partial charge is 0.396 e. The first kappa shape index (κ1) is 12.3. The zero-order valence-corrected chi connectivity index (χ0v) is 11.2. The minimum atomic E-state index is 0.216. The van der Waals surface area contributed by atoms with Crippen LogP contribution in [0.1, 0.15) is 31.4 Å². The summed E-state index contributed by atoms with van der Waals surface area (Å²) in [7, 11) is 0. The smallest absolute Gasteiger partial charge is 0.254 e. The quantitative estimate of drug-likeness (QED) is 0.875. The molecule has 0 radical (unpaired) electrons. The third-order valence-electron chi connectivity index (χ3n) is 3.73. The van der Waals surface area contributed by atoms with Crippen molar-refractivity contribution >= 4 is 11.6 Å². The summed E-state index contributed by atoms with van der Waals surface area (Å²) in [6.07, 6.45) is 6.02. The molecule has 0 aromatic carbocycles. The number of aliphatic hydroxyl groups excluding tert-OH is 1. The normalized spacial score (nSPS) is 15.7. The van der Waals surface area contributed by atoms with Gasteiger partial charge in [0.1, 0.15) is 12.1 Å². The number of hydrogen-bond donors (Lipinski definition) is 1. The van der Waals surface area contributed by atoms with Crippen LogP contribution in [0, 0.1) is 6.92 Å². The highest BCUT2D eigenvalue weighted by Crippen LogP contribution is 2.29. The molecule has 0 spiro atoms. The molecule has 1 N–H and O–H groups in total. The van der Waals surface area contributed by atoms with Gasteiger partial charge in [0.15, 0.2) is 0 Å². The topological polar surface area (TPSA) is 66.5 Å². The van der Waals surface area contributed by atoms with Crippen LogP contribution in [0.4, 0.5) is 5.82 Å². The molecule has 0 amide bonds. The van der Waals surface area contributed by atoms with Gasteiger partial charge in [-0.1, -0.05) is 0 Å². The Hall–Kier alpha value is -1.69. The molecule has 1 aliphatic rings. The molecule has 1 aliphatic carbocycles. The SMILES string of the molecule is Cc1cc(N(CCCO)C2CCC2)n2ncnc2n1. The highest BCUT2D eigenvalue weighted by molar-refractivity contribution is 5.48. The Morgan fingerprint density at radius 1 is 1.47 bits per heavy atom. The fourth-order valence-electron chi connectivity index (χ4n) is 2.54. The highest BCUT2D eigenvalue weighted by atomic mass is 16.3. The van der Waals surface area contributed by atoms with Gasteiger partial charge in [-0.05, 0) is 32.6 Å². The van der Waals surface area contributed by atoms with E-state index in [2.05, 4.69) is 26.0 Å². The van der Waals surface area contributed by atoms with Crippen molar-refractivity contribution in [3.05, 3.63) is 18.1 Å². The number of aliphatic hydroxyl groups is 1. The Balaban J connectivity index is 2.00. The average Bonchev–Trinajstić information content (AvgIpc) is 2.78. The van der Waals surface area contributed by atoms with Crippen molar-refractivity contribution < 1.29 is 5.11 Å². The Labute approximate surface area is 112 Å². The molecule has 2 aromatic rings. The van der Waals surface area contributed by atoms with Crippen LogP contribution in [-0.4, -0.2) is 43.9 Å². The predicted octanol–water partition coefficient (Wildman–Crippen LogP) is 1.17. The Kier molecular flexibility index (Phi) is 3.33. The third kappa shape index (κ3) is 2.28. The lowest BCUT2D eigenvalue weighted by Gasteiger charge is -2.39. The molecule has 6 heteroatoms. The van der Waals surface area contributed by atoms with Gasteiger partial charge in [-0.2, -0.15) is 14.6 Å². The molecule has 19 heavy (non-hydrogen) atoms. The summed E-state index contributed by atoms with van der Waals surface area (Å²) in [6.45, 7) is 3.04. The van der Waals surface area contributed by atoms with Crippen molar-refractivity contribution in [1.82, 2.24) is 19.6 Å². The summed E-state index contributed by atoms with van der Waals surface area (Å²) in [5.41, 5.74) is 0.948. The summed E-state index contributed by atoms with van der Waals surface area (Å²) in [5.74, 6) is 1.68. The lowest BCUT2D eigenvalue weighted by atomic mass is 9.91. The van der Waals surface area contributed by atoms with E-state index in [4.69, 9.17) is 5.11 Å². The monoisotopic (exact) mass is 261 g/mol. The first-order valence-corrected chi connectivity index (χ1v) is 6.84. The molecule has 0 atom stereocenters. The second-order valence-electron chi connectivity index (χ2n) is 5.08. The van der Waals surface area contributed by atoms with E-state index in [0.29, 0.717) is 11.8 Å². The number of aryl methyl sites for hydroxylation is 1. The van der Waals surface area contributed by atoms with E-state index in [-0.39, 0.29) is 6.61 Å². The standard InChI is InChI=1S/C13H19N5O/c1-10-8-12(18-13(16-10)14-9-15-18)17(6-3-7-19)11-4-2-5-11/h8-9,11,19H,2-7H2,1H3. The summed E-state index contributed by atoms with van der Waals surface area (Å²) in [4.78, 5) is 10.9. The molecule has 2 aromatic heterocycles. The van der Waals surface area contributed by atoms with Crippen molar-refractivity contribution in [2.75, 3.05) is 18.1 Å². The maximum absolute atomic E-state index is 9.09. The van der Waals surface area contributed by atoms with Crippen LogP contribution >= 0.6 is 0 Å². The molecule has 1 saturated carbocycles. The summed E-state index contributed by atoms with van der Waals surface area (Å²) >= 11 is 0. The van der Waals surface area contributed by atoms with E-state index >= 15 is 0 Å². The number of aromatic nitrogens is 4. The van der Waals surface area contributed by atoms with Gasteiger partial charge in [-0.3, -0.25) is 0 Å². The first-order chi connectivity index (χ1) is 9.29. The molecule has 102 valence electrons. The lowest BCUT2D eigenvalue weighted by Crippen LogP contribution is -2.42. The van der Waals surface area contributed by atoms with E-state index in [1.165, 1.54) is 25.6 Å².